The van der Waals surface area contributed by atoms with Gasteiger partial charge in [0.1, 0.15) is 0 Å². The first-order chi connectivity index (χ1) is 15.3. The van der Waals surface area contributed by atoms with Crippen molar-refractivity contribution in [2.45, 2.75) is 58.3 Å². The van der Waals surface area contributed by atoms with Gasteiger partial charge >= 0.3 is 0 Å². The van der Waals surface area contributed by atoms with Crippen LogP contribution in [-0.2, 0) is 10.2 Å². The molecule has 3 atom stereocenters. The molecule has 1 aromatic carbocycles. The first kappa shape index (κ1) is 20.7. The van der Waals surface area contributed by atoms with Crippen LogP contribution in [0.5, 0.6) is 0 Å². The van der Waals surface area contributed by atoms with Crippen LogP contribution >= 0.6 is 0 Å². The zero-order chi connectivity index (χ0) is 22.7. The minimum atomic E-state index is -1.55. The van der Waals surface area contributed by atoms with Gasteiger partial charge in [-0.1, -0.05) is 39.0 Å². The third kappa shape index (κ3) is 2.89. The van der Waals surface area contributed by atoms with E-state index in [9.17, 15) is 4.79 Å². The third-order valence-corrected chi connectivity index (χ3v) is 7.12. The highest BCUT2D eigenvalue weighted by molar-refractivity contribution is 6.04. The van der Waals surface area contributed by atoms with Crippen molar-refractivity contribution >= 4 is 5.78 Å². The molecule has 3 heterocycles. The molecule has 0 spiro atoms. The van der Waals surface area contributed by atoms with Crippen molar-refractivity contribution in [1.82, 2.24) is 10.3 Å². The normalized spacial score (nSPS) is 28.2. The van der Waals surface area contributed by atoms with Gasteiger partial charge in [0.25, 0.3) is 0 Å². The Hall–Kier alpha value is -3.15. The van der Waals surface area contributed by atoms with Gasteiger partial charge in [0.15, 0.2) is 18.1 Å². The second kappa shape index (κ2) is 7.19. The highest BCUT2D eigenvalue weighted by Crippen LogP contribution is 2.54. The van der Waals surface area contributed by atoms with E-state index in [4.69, 9.17) is 0 Å². The van der Waals surface area contributed by atoms with Gasteiger partial charge in [-0.2, -0.15) is 10.2 Å². The molecule has 1 aromatic heterocycles. The first-order valence-corrected chi connectivity index (χ1v) is 11.1. The standard InChI is InChI=1S/C26H27FN4O/c1-5-26(18-8-6-7-16(12-18)17-9-10-28-15(2)11-17)19-14-29-31-24(19)30-20-13-25(3,4)23(27)22(32)21(20)26/h6-12,14,23-24,30H,5,13H2,1-4H3/t23-,24?,26-/m0/s1. The van der Waals surface area contributed by atoms with E-state index in [-0.39, 0.29) is 6.17 Å². The fraction of sp³-hybridized carbons (Fsp3) is 0.385. The molecule has 2 aromatic rings. The summed E-state index contributed by atoms with van der Waals surface area (Å²) in [6.07, 6.45) is 2.73. The summed E-state index contributed by atoms with van der Waals surface area (Å²) in [6.45, 7) is 7.63. The lowest BCUT2D eigenvalue weighted by molar-refractivity contribution is -0.126. The number of aromatic nitrogens is 1. The summed E-state index contributed by atoms with van der Waals surface area (Å²) in [4.78, 5) is 17.8. The highest BCUT2D eigenvalue weighted by atomic mass is 19.1. The number of hydrogen-bond donors (Lipinski definition) is 1. The SMILES string of the molecule is CC[C@]1(c2cccc(-c3ccnc(C)c3)c2)C2=CN=NC2NC2=C1C(=O)[C@H](F)C(C)(C)C2. The number of nitrogens with one attached hydrogen (secondary N) is 1. The maximum absolute atomic E-state index is 15.4. The second-order valence-electron chi connectivity index (χ2n) is 9.63. The van der Waals surface area contributed by atoms with Gasteiger partial charge in [-0.15, -0.1) is 0 Å². The smallest absolute Gasteiger partial charge is 0.196 e. The van der Waals surface area contributed by atoms with Crippen LogP contribution in [-0.4, -0.2) is 23.1 Å². The lowest BCUT2D eigenvalue weighted by Gasteiger charge is -2.48. The van der Waals surface area contributed by atoms with E-state index in [2.05, 4.69) is 39.6 Å². The highest BCUT2D eigenvalue weighted by Gasteiger charge is 2.56. The maximum Gasteiger partial charge on any atom is 0.196 e. The van der Waals surface area contributed by atoms with E-state index in [1.807, 2.05) is 45.0 Å². The molecule has 1 N–H and O–H groups in total. The molecule has 0 fully saturated rings. The van der Waals surface area contributed by atoms with Crippen LogP contribution in [0, 0.1) is 12.3 Å². The number of nitrogens with zero attached hydrogens (tertiary/aromatic N) is 3. The summed E-state index contributed by atoms with van der Waals surface area (Å²) in [7, 11) is 0. The number of benzene rings is 1. The number of fused-ring (bicyclic) bond motifs is 1. The molecular formula is C26H27FN4O. The van der Waals surface area contributed by atoms with Gasteiger partial charge < -0.3 is 5.32 Å². The number of halogens is 1. The molecule has 2 aliphatic heterocycles. The van der Waals surface area contributed by atoms with Crippen LogP contribution in [0.1, 0.15) is 44.9 Å². The van der Waals surface area contributed by atoms with Gasteiger partial charge in [0.05, 0.1) is 11.6 Å². The quantitative estimate of drug-likeness (QED) is 0.692. The molecule has 5 rings (SSSR count). The zero-order valence-electron chi connectivity index (χ0n) is 18.8. The Balaban J connectivity index is 1.75. The van der Waals surface area contributed by atoms with E-state index in [1.165, 1.54) is 0 Å². The van der Waals surface area contributed by atoms with Crippen LogP contribution in [0.2, 0.25) is 0 Å². The monoisotopic (exact) mass is 430 g/mol. The maximum atomic E-state index is 15.4. The molecule has 164 valence electrons. The van der Waals surface area contributed by atoms with Crippen molar-refractivity contribution in [3.05, 3.63) is 76.9 Å². The number of hydrogen-bond acceptors (Lipinski definition) is 5. The number of rotatable bonds is 3. The number of ketones is 1. The molecule has 0 saturated carbocycles. The molecule has 0 saturated heterocycles. The van der Waals surface area contributed by atoms with E-state index >= 15 is 4.39 Å². The summed E-state index contributed by atoms with van der Waals surface area (Å²) < 4.78 is 15.4. The Bertz CT molecular complexity index is 1210. The third-order valence-electron chi connectivity index (χ3n) is 7.12. The molecule has 6 heteroatoms. The van der Waals surface area contributed by atoms with Gasteiger partial charge in [0, 0.05) is 34.1 Å². The molecule has 0 radical (unpaired) electrons. The molecule has 5 nitrogen and oxygen atoms in total. The van der Waals surface area contributed by atoms with E-state index in [1.54, 1.807) is 12.4 Å². The van der Waals surface area contributed by atoms with Crippen LogP contribution in [0.3, 0.4) is 0 Å². The summed E-state index contributed by atoms with van der Waals surface area (Å²) in [5, 5.41) is 12.0. The van der Waals surface area contributed by atoms with Gasteiger partial charge in [-0.25, -0.2) is 4.39 Å². The molecule has 32 heavy (non-hydrogen) atoms. The summed E-state index contributed by atoms with van der Waals surface area (Å²) >= 11 is 0. The minimum Gasteiger partial charge on any atom is -0.362 e. The summed E-state index contributed by atoms with van der Waals surface area (Å²) in [6, 6.07) is 12.2. The van der Waals surface area contributed by atoms with Crippen molar-refractivity contribution in [1.29, 1.82) is 0 Å². The fourth-order valence-corrected chi connectivity index (χ4v) is 5.49. The lowest BCUT2D eigenvalue weighted by atomic mass is 9.58. The molecule has 0 amide bonds. The van der Waals surface area contributed by atoms with Crippen LogP contribution in [0.25, 0.3) is 11.1 Å². The number of aryl methyl sites for hydroxylation is 1. The number of azo groups is 1. The Labute approximate surface area is 187 Å². The number of alkyl halides is 1. The van der Waals surface area contributed by atoms with Crippen LogP contribution < -0.4 is 5.32 Å². The molecule has 3 aliphatic rings. The van der Waals surface area contributed by atoms with Crippen molar-refractivity contribution < 1.29 is 9.18 Å². The Morgan fingerprint density at radius 3 is 2.72 bits per heavy atom. The van der Waals surface area contributed by atoms with E-state index < -0.39 is 22.8 Å². The van der Waals surface area contributed by atoms with Crippen molar-refractivity contribution in [2.75, 3.05) is 0 Å². The van der Waals surface area contributed by atoms with Crippen LogP contribution in [0.4, 0.5) is 4.39 Å². The Kier molecular flexibility index (Phi) is 4.66. The van der Waals surface area contributed by atoms with Crippen molar-refractivity contribution in [2.24, 2.45) is 15.6 Å². The number of pyridine rings is 1. The largest absolute Gasteiger partial charge is 0.362 e. The van der Waals surface area contributed by atoms with Gasteiger partial charge in [-0.3, -0.25) is 9.78 Å². The van der Waals surface area contributed by atoms with Crippen molar-refractivity contribution in [3.8, 4) is 11.1 Å². The minimum absolute atomic E-state index is 0.333. The first-order valence-electron chi connectivity index (χ1n) is 11.1. The second-order valence-corrected chi connectivity index (χ2v) is 9.63. The topological polar surface area (TPSA) is 66.7 Å². The fourth-order valence-electron chi connectivity index (χ4n) is 5.49. The Morgan fingerprint density at radius 1 is 1.19 bits per heavy atom. The summed E-state index contributed by atoms with van der Waals surface area (Å²) in [5.74, 6) is -0.429. The van der Waals surface area contributed by atoms with E-state index in [0.29, 0.717) is 18.4 Å². The number of carbonyl (C=O) groups excluding carboxylic acids is 1. The predicted molar refractivity (Wildman–Crippen MR) is 122 cm³/mol. The lowest BCUT2D eigenvalue weighted by Crippen LogP contribution is -2.54. The number of Topliss-reactive ketones (excluding diaryl/α,β-unsaturated/α-hetero) is 1. The molecule has 1 aliphatic carbocycles. The van der Waals surface area contributed by atoms with Crippen LogP contribution in [0.15, 0.2) is 75.9 Å². The summed E-state index contributed by atoms with van der Waals surface area (Å²) in [5.41, 5.74) is 4.68. The van der Waals surface area contributed by atoms with Gasteiger partial charge in [0.2, 0.25) is 0 Å². The van der Waals surface area contributed by atoms with Crippen molar-refractivity contribution in [3.63, 3.8) is 0 Å². The molecular weight excluding hydrogens is 403 g/mol. The number of allylic oxidation sites excluding steroid dienone is 2. The van der Waals surface area contributed by atoms with Gasteiger partial charge in [-0.05, 0) is 54.7 Å². The zero-order valence-corrected chi connectivity index (χ0v) is 18.8. The number of carbonyl (C=O) groups is 1. The average Bonchev–Trinajstić information content (AvgIpc) is 3.25. The Morgan fingerprint density at radius 2 is 1.97 bits per heavy atom. The average molecular weight is 431 g/mol. The molecule has 0 bridgehead atoms. The van der Waals surface area contributed by atoms with E-state index in [0.717, 1.165) is 33.7 Å². The molecule has 1 unspecified atom stereocenters. The predicted octanol–water partition coefficient (Wildman–Crippen LogP) is 5.58.